The van der Waals surface area contributed by atoms with E-state index >= 15 is 0 Å². The Morgan fingerprint density at radius 2 is 1.96 bits per heavy atom. The summed E-state index contributed by atoms with van der Waals surface area (Å²) < 4.78 is 4.96. The number of esters is 1. The highest BCUT2D eigenvalue weighted by Gasteiger charge is 2.26. The molecule has 0 atom stereocenters. The molecule has 1 aliphatic rings. The maximum absolute atomic E-state index is 12.3. The number of anilines is 2. The first kappa shape index (κ1) is 19.3. The van der Waals surface area contributed by atoms with Gasteiger partial charge < -0.3 is 20.5 Å². The quantitative estimate of drug-likeness (QED) is 0.519. The number of carbonyl (C=O) groups is 2. The number of nitrogens with one attached hydrogen (secondary N) is 2. The van der Waals surface area contributed by atoms with E-state index < -0.39 is 5.97 Å². The summed E-state index contributed by atoms with van der Waals surface area (Å²) in [6, 6.07) is 4.80. The van der Waals surface area contributed by atoms with Gasteiger partial charge in [0.2, 0.25) is 0 Å². The lowest BCUT2D eigenvalue weighted by atomic mass is 9.95. The van der Waals surface area contributed by atoms with Gasteiger partial charge in [-0.25, -0.2) is 9.59 Å². The fraction of sp³-hybridized carbons (Fsp3) is 0.316. The van der Waals surface area contributed by atoms with Crippen LogP contribution in [-0.4, -0.2) is 29.3 Å². The molecule has 1 aromatic heterocycles. The third-order valence-electron chi connectivity index (χ3n) is 4.52. The topological polar surface area (TPSA) is 87.7 Å². The van der Waals surface area contributed by atoms with Crippen molar-refractivity contribution in [3.63, 3.8) is 0 Å². The van der Waals surface area contributed by atoms with Crippen molar-refractivity contribution in [1.29, 1.82) is 0 Å². The molecule has 1 aromatic carbocycles. The minimum Gasteiger partial charge on any atom is -0.478 e. The van der Waals surface area contributed by atoms with Crippen molar-refractivity contribution in [1.82, 2.24) is 0 Å². The number of carboxylic acid groups (broad SMARTS) is 1. The molecular weight excluding hydrogens is 384 g/mol. The second-order valence-corrected chi connectivity index (χ2v) is 7.83. The molecular formula is C19H20N2O4S2. The van der Waals surface area contributed by atoms with Crippen LogP contribution in [0.1, 0.15) is 49.6 Å². The van der Waals surface area contributed by atoms with Gasteiger partial charge in [-0.3, -0.25) is 0 Å². The molecule has 0 amide bonds. The van der Waals surface area contributed by atoms with Gasteiger partial charge in [0.15, 0.2) is 5.11 Å². The standard InChI is InChI=1S/C19H20N2O4S2/c1-10-7-8-11(17(22)23)9-13(10)20-19(26)21-16-15(18(24)25-2)12-5-3-4-6-14(12)27-16/h7-9H,3-6H2,1-2H3,(H,22,23)(H2,20,21,26). The molecule has 0 spiro atoms. The summed E-state index contributed by atoms with van der Waals surface area (Å²) >= 11 is 6.92. The monoisotopic (exact) mass is 404 g/mol. The first-order valence-electron chi connectivity index (χ1n) is 8.55. The van der Waals surface area contributed by atoms with Crippen molar-refractivity contribution >= 4 is 51.3 Å². The number of carbonyl (C=O) groups excluding carboxylic acids is 1. The molecule has 3 rings (SSSR count). The van der Waals surface area contributed by atoms with Gasteiger partial charge >= 0.3 is 11.9 Å². The zero-order chi connectivity index (χ0) is 19.6. The van der Waals surface area contributed by atoms with Gasteiger partial charge in [-0.1, -0.05) is 6.07 Å². The van der Waals surface area contributed by atoms with Crippen LogP contribution in [0.5, 0.6) is 0 Å². The minimum absolute atomic E-state index is 0.174. The van der Waals surface area contributed by atoms with Crippen LogP contribution in [0.15, 0.2) is 18.2 Å². The van der Waals surface area contributed by atoms with E-state index in [0.29, 0.717) is 21.4 Å². The second-order valence-electron chi connectivity index (χ2n) is 6.32. The molecule has 2 aromatic rings. The number of rotatable bonds is 4. The Labute approximate surface area is 166 Å². The van der Waals surface area contributed by atoms with Crippen molar-refractivity contribution in [2.75, 3.05) is 17.7 Å². The number of benzene rings is 1. The first-order chi connectivity index (χ1) is 12.9. The van der Waals surface area contributed by atoms with Crippen LogP contribution in [0.2, 0.25) is 0 Å². The van der Waals surface area contributed by atoms with Crippen molar-refractivity contribution in [3.8, 4) is 0 Å². The number of hydrogen-bond acceptors (Lipinski definition) is 5. The predicted molar refractivity (Wildman–Crippen MR) is 110 cm³/mol. The van der Waals surface area contributed by atoms with Gasteiger partial charge in [0.05, 0.1) is 18.2 Å². The van der Waals surface area contributed by atoms with Gasteiger partial charge in [0.1, 0.15) is 5.00 Å². The summed E-state index contributed by atoms with van der Waals surface area (Å²) in [6.07, 6.45) is 3.97. The molecule has 3 N–H and O–H groups in total. The highest BCUT2D eigenvalue weighted by Crippen LogP contribution is 2.38. The zero-order valence-electron chi connectivity index (χ0n) is 15.0. The molecule has 0 saturated heterocycles. The molecule has 0 unspecified atom stereocenters. The van der Waals surface area contributed by atoms with Crippen LogP contribution >= 0.6 is 23.6 Å². The van der Waals surface area contributed by atoms with Crippen LogP contribution in [-0.2, 0) is 17.6 Å². The minimum atomic E-state index is -1.00. The summed E-state index contributed by atoms with van der Waals surface area (Å²) in [7, 11) is 1.37. The van der Waals surface area contributed by atoms with Crippen molar-refractivity contribution in [3.05, 3.63) is 45.3 Å². The smallest absolute Gasteiger partial charge is 0.341 e. The summed E-state index contributed by atoms with van der Waals surface area (Å²) in [5.41, 5.74) is 3.24. The van der Waals surface area contributed by atoms with E-state index in [2.05, 4.69) is 10.6 Å². The normalized spacial score (nSPS) is 12.8. The van der Waals surface area contributed by atoms with Crippen LogP contribution in [0, 0.1) is 6.92 Å². The fourth-order valence-corrected chi connectivity index (χ4v) is 4.68. The van der Waals surface area contributed by atoms with E-state index in [1.807, 2.05) is 6.92 Å². The van der Waals surface area contributed by atoms with E-state index in [0.717, 1.165) is 36.8 Å². The molecule has 0 bridgehead atoms. The fourth-order valence-electron chi connectivity index (χ4n) is 3.12. The lowest BCUT2D eigenvalue weighted by Crippen LogP contribution is -2.21. The van der Waals surface area contributed by atoms with E-state index in [-0.39, 0.29) is 11.5 Å². The van der Waals surface area contributed by atoms with Gasteiger partial charge in [0.25, 0.3) is 0 Å². The van der Waals surface area contributed by atoms with E-state index in [9.17, 15) is 9.59 Å². The number of thiocarbonyl (C=S) groups is 1. The van der Waals surface area contributed by atoms with Gasteiger partial charge in [-0.05, 0) is 68.1 Å². The van der Waals surface area contributed by atoms with Crippen LogP contribution in [0.3, 0.4) is 0 Å². The molecule has 27 heavy (non-hydrogen) atoms. The molecule has 1 heterocycles. The first-order valence-corrected chi connectivity index (χ1v) is 9.78. The SMILES string of the molecule is COC(=O)c1c(NC(=S)Nc2cc(C(=O)O)ccc2C)sc2c1CCCC2. The van der Waals surface area contributed by atoms with Crippen LogP contribution in [0.25, 0.3) is 0 Å². The molecule has 6 nitrogen and oxygen atoms in total. The number of fused-ring (bicyclic) bond motifs is 1. The molecule has 0 aliphatic heterocycles. The van der Waals surface area contributed by atoms with E-state index in [4.69, 9.17) is 22.1 Å². The lowest BCUT2D eigenvalue weighted by molar-refractivity contribution is 0.0600. The van der Waals surface area contributed by atoms with E-state index in [1.165, 1.54) is 29.4 Å². The average molecular weight is 405 g/mol. The number of aryl methyl sites for hydroxylation is 2. The van der Waals surface area contributed by atoms with Gasteiger partial charge in [-0.15, -0.1) is 11.3 Å². The average Bonchev–Trinajstić information content (AvgIpc) is 3.00. The predicted octanol–water partition coefficient (Wildman–Crippen LogP) is 4.23. The van der Waals surface area contributed by atoms with Crippen LogP contribution < -0.4 is 10.6 Å². The molecule has 1 aliphatic carbocycles. The maximum atomic E-state index is 12.3. The number of thiophene rings is 1. The van der Waals surface area contributed by atoms with Crippen molar-refractivity contribution in [2.24, 2.45) is 0 Å². The third kappa shape index (κ3) is 4.12. The van der Waals surface area contributed by atoms with Crippen LogP contribution in [0.4, 0.5) is 10.7 Å². The van der Waals surface area contributed by atoms with Crippen molar-refractivity contribution in [2.45, 2.75) is 32.6 Å². The Balaban J connectivity index is 1.84. The Morgan fingerprint density at radius 3 is 2.67 bits per heavy atom. The number of ether oxygens (including phenoxy) is 1. The van der Waals surface area contributed by atoms with E-state index in [1.54, 1.807) is 12.1 Å². The summed E-state index contributed by atoms with van der Waals surface area (Å²) in [5, 5.41) is 16.3. The van der Waals surface area contributed by atoms with Gasteiger partial charge in [-0.2, -0.15) is 0 Å². The van der Waals surface area contributed by atoms with Crippen molar-refractivity contribution < 1.29 is 19.4 Å². The number of carboxylic acids is 1. The maximum Gasteiger partial charge on any atom is 0.341 e. The summed E-state index contributed by atoms with van der Waals surface area (Å²) in [4.78, 5) is 24.7. The largest absolute Gasteiger partial charge is 0.478 e. The zero-order valence-corrected chi connectivity index (χ0v) is 16.7. The highest BCUT2D eigenvalue weighted by atomic mass is 32.1. The summed E-state index contributed by atoms with van der Waals surface area (Å²) in [5.74, 6) is -1.38. The van der Waals surface area contributed by atoms with Gasteiger partial charge in [0, 0.05) is 10.6 Å². The Hall–Kier alpha value is -2.45. The molecule has 0 radical (unpaired) electrons. The molecule has 0 saturated carbocycles. The Morgan fingerprint density at radius 1 is 1.22 bits per heavy atom. The Kier molecular flexibility index (Phi) is 5.76. The molecule has 0 fully saturated rings. The Bertz CT molecular complexity index is 921. The third-order valence-corrected chi connectivity index (χ3v) is 5.93. The number of hydrogen-bond donors (Lipinski definition) is 3. The summed E-state index contributed by atoms with van der Waals surface area (Å²) in [6.45, 7) is 1.86. The number of aromatic carboxylic acids is 1. The number of methoxy groups -OCH3 is 1. The second kappa shape index (κ2) is 8.06. The highest BCUT2D eigenvalue weighted by molar-refractivity contribution is 7.80. The lowest BCUT2D eigenvalue weighted by Gasteiger charge is -2.14. The molecule has 142 valence electrons. The molecule has 8 heteroatoms.